The lowest BCUT2D eigenvalue weighted by Crippen LogP contribution is -2.52. The maximum absolute atomic E-state index is 12.5. The van der Waals surface area contributed by atoms with E-state index in [4.69, 9.17) is 14.5 Å². The Labute approximate surface area is 208 Å². The van der Waals surface area contributed by atoms with Gasteiger partial charge < -0.3 is 14.4 Å². The largest absolute Gasteiger partial charge is 0.492 e. The smallest absolute Gasteiger partial charge is 0.236 e. The summed E-state index contributed by atoms with van der Waals surface area (Å²) in [6, 6.07) is 6.73. The van der Waals surface area contributed by atoms with Gasteiger partial charge in [0.05, 0.1) is 32.1 Å². The monoisotopic (exact) mass is 494 g/mol. The number of carbonyl (C=O) groups excluding carboxylic acids is 1. The average molecular weight is 495 g/mol. The molecule has 6 rings (SSSR count). The van der Waals surface area contributed by atoms with Crippen molar-refractivity contribution in [2.45, 2.75) is 32.2 Å². The fourth-order valence-corrected chi connectivity index (χ4v) is 6.03. The number of ether oxygens (including phenoxy) is 2. The number of rotatable bonds is 5. The van der Waals surface area contributed by atoms with E-state index in [-0.39, 0.29) is 11.9 Å². The van der Waals surface area contributed by atoms with E-state index in [1.807, 2.05) is 9.58 Å². The maximum Gasteiger partial charge on any atom is 0.236 e. The van der Waals surface area contributed by atoms with Crippen LogP contribution in [-0.2, 0) is 16.0 Å². The number of thiazole rings is 1. The van der Waals surface area contributed by atoms with Crippen LogP contribution in [-0.4, -0.2) is 88.0 Å². The molecule has 0 saturated carbocycles. The van der Waals surface area contributed by atoms with Crippen LogP contribution in [0.5, 0.6) is 5.75 Å². The van der Waals surface area contributed by atoms with Crippen molar-refractivity contribution in [2.75, 3.05) is 52.5 Å². The first-order valence-corrected chi connectivity index (χ1v) is 13.1. The molecule has 0 radical (unpaired) electrons. The first-order chi connectivity index (χ1) is 17.1. The van der Waals surface area contributed by atoms with Crippen molar-refractivity contribution in [1.29, 1.82) is 0 Å². The van der Waals surface area contributed by atoms with Gasteiger partial charge >= 0.3 is 0 Å². The standard InChI is InChI=1S/C25H30N6O3S/c1-16(2)31-24(26-15-27-31)25-28-23-19-4-3-17(11-20(19)34-8-5-21(23)35-25)18-12-29(13-18)14-22(32)30-6-9-33-10-7-30/h3-4,11,15-16,18H,5-10,12-14H2,1-2H3. The number of aromatic nitrogens is 4. The highest BCUT2D eigenvalue weighted by molar-refractivity contribution is 7.15. The molecule has 1 amide bonds. The number of amides is 1. The SMILES string of the molecule is CC(C)n1ncnc1-c1nc2c(s1)CCOc1cc(C3CN(CC(=O)N4CCOCC4)C3)ccc1-2. The van der Waals surface area contributed by atoms with Crippen molar-refractivity contribution >= 4 is 17.2 Å². The summed E-state index contributed by atoms with van der Waals surface area (Å²) in [7, 11) is 0. The van der Waals surface area contributed by atoms with Crippen LogP contribution in [0.3, 0.4) is 0 Å². The van der Waals surface area contributed by atoms with Crippen molar-refractivity contribution < 1.29 is 14.3 Å². The molecule has 184 valence electrons. The molecule has 1 aromatic carbocycles. The third kappa shape index (κ3) is 4.34. The number of nitrogens with zero attached hydrogens (tertiary/aromatic N) is 6. The van der Waals surface area contributed by atoms with E-state index < -0.39 is 0 Å². The zero-order chi connectivity index (χ0) is 23.9. The Kier molecular flexibility index (Phi) is 6.03. The average Bonchev–Trinajstić information content (AvgIpc) is 3.46. The molecule has 3 aliphatic heterocycles. The zero-order valence-electron chi connectivity index (χ0n) is 20.1. The highest BCUT2D eigenvalue weighted by Gasteiger charge is 2.32. The molecule has 0 atom stereocenters. The molecule has 0 aliphatic carbocycles. The number of morpholine rings is 1. The van der Waals surface area contributed by atoms with Crippen molar-refractivity contribution in [2.24, 2.45) is 0 Å². The second-order valence-electron chi connectivity index (χ2n) is 9.65. The second-order valence-corrected chi connectivity index (χ2v) is 10.7. The van der Waals surface area contributed by atoms with Gasteiger partial charge in [0.2, 0.25) is 5.91 Å². The minimum atomic E-state index is 0.206. The summed E-state index contributed by atoms with van der Waals surface area (Å²) in [5, 5.41) is 5.27. The number of benzene rings is 1. The Morgan fingerprint density at radius 3 is 2.83 bits per heavy atom. The van der Waals surface area contributed by atoms with Crippen LogP contribution >= 0.6 is 11.3 Å². The quantitative estimate of drug-likeness (QED) is 0.539. The molecule has 35 heavy (non-hydrogen) atoms. The van der Waals surface area contributed by atoms with Crippen molar-refractivity contribution in [3.05, 3.63) is 35.0 Å². The van der Waals surface area contributed by atoms with E-state index in [0.717, 1.165) is 47.3 Å². The second kappa shape index (κ2) is 9.33. The molecule has 2 fully saturated rings. The summed E-state index contributed by atoms with van der Waals surface area (Å²) in [5.41, 5.74) is 3.30. The van der Waals surface area contributed by atoms with Crippen LogP contribution in [0.2, 0.25) is 0 Å². The molecule has 0 N–H and O–H groups in total. The molecule has 10 heteroatoms. The maximum atomic E-state index is 12.5. The van der Waals surface area contributed by atoms with Crippen LogP contribution in [0.15, 0.2) is 24.5 Å². The molecule has 0 bridgehead atoms. The van der Waals surface area contributed by atoms with E-state index in [2.05, 4.69) is 47.0 Å². The van der Waals surface area contributed by atoms with Gasteiger partial charge in [-0.25, -0.2) is 14.6 Å². The lowest BCUT2D eigenvalue weighted by atomic mass is 9.90. The Hall–Kier alpha value is -2.82. The first kappa shape index (κ1) is 22.6. The Morgan fingerprint density at radius 2 is 2.03 bits per heavy atom. The number of hydrogen-bond donors (Lipinski definition) is 0. The van der Waals surface area contributed by atoms with Gasteiger partial charge in [0.1, 0.15) is 12.1 Å². The topological polar surface area (TPSA) is 85.6 Å². The van der Waals surface area contributed by atoms with Gasteiger partial charge in [-0.2, -0.15) is 5.10 Å². The number of hydrogen-bond acceptors (Lipinski definition) is 8. The summed E-state index contributed by atoms with van der Waals surface area (Å²) in [4.78, 5) is 27.4. The normalized spacial score (nSPS) is 18.5. The Bertz CT molecular complexity index is 1230. The molecular formula is C25H30N6O3S. The van der Waals surface area contributed by atoms with Crippen LogP contribution in [0.25, 0.3) is 22.1 Å². The summed E-state index contributed by atoms with van der Waals surface area (Å²) in [5.74, 6) is 2.33. The van der Waals surface area contributed by atoms with Gasteiger partial charge in [0.15, 0.2) is 10.8 Å². The van der Waals surface area contributed by atoms with E-state index in [1.165, 1.54) is 10.4 Å². The lowest BCUT2D eigenvalue weighted by Gasteiger charge is -2.40. The van der Waals surface area contributed by atoms with Gasteiger partial charge in [0, 0.05) is 55.0 Å². The van der Waals surface area contributed by atoms with Gasteiger partial charge in [-0.15, -0.1) is 11.3 Å². The Morgan fingerprint density at radius 1 is 1.20 bits per heavy atom. The Balaban J connectivity index is 1.17. The minimum Gasteiger partial charge on any atom is -0.492 e. The van der Waals surface area contributed by atoms with Crippen LogP contribution < -0.4 is 4.74 Å². The fourth-order valence-electron chi connectivity index (χ4n) is 4.98. The molecular weight excluding hydrogens is 464 g/mol. The van der Waals surface area contributed by atoms with Crippen molar-refractivity contribution in [3.8, 4) is 27.8 Å². The van der Waals surface area contributed by atoms with Crippen LogP contribution in [0.1, 0.15) is 36.2 Å². The van der Waals surface area contributed by atoms with Crippen molar-refractivity contribution in [3.63, 3.8) is 0 Å². The first-order valence-electron chi connectivity index (χ1n) is 12.3. The molecule has 9 nitrogen and oxygen atoms in total. The number of fused-ring (bicyclic) bond motifs is 3. The minimum absolute atomic E-state index is 0.206. The third-order valence-electron chi connectivity index (χ3n) is 6.95. The van der Waals surface area contributed by atoms with E-state index in [1.54, 1.807) is 17.7 Å². The predicted molar refractivity (Wildman–Crippen MR) is 133 cm³/mol. The summed E-state index contributed by atoms with van der Waals surface area (Å²) in [6.07, 6.45) is 2.43. The highest BCUT2D eigenvalue weighted by atomic mass is 32.1. The molecule has 5 heterocycles. The van der Waals surface area contributed by atoms with E-state index >= 15 is 0 Å². The number of likely N-dealkylation sites (tertiary alicyclic amines) is 1. The van der Waals surface area contributed by atoms with Gasteiger partial charge in [-0.3, -0.25) is 9.69 Å². The summed E-state index contributed by atoms with van der Waals surface area (Å²) < 4.78 is 13.4. The lowest BCUT2D eigenvalue weighted by molar-refractivity contribution is -0.137. The van der Waals surface area contributed by atoms with Gasteiger partial charge in [-0.05, 0) is 31.5 Å². The van der Waals surface area contributed by atoms with Crippen LogP contribution in [0, 0.1) is 0 Å². The van der Waals surface area contributed by atoms with Gasteiger partial charge in [-0.1, -0.05) is 6.07 Å². The third-order valence-corrected chi connectivity index (χ3v) is 8.06. The van der Waals surface area contributed by atoms with Crippen LogP contribution in [0.4, 0.5) is 0 Å². The van der Waals surface area contributed by atoms with E-state index in [9.17, 15) is 4.79 Å². The molecule has 3 aromatic rings. The van der Waals surface area contributed by atoms with Gasteiger partial charge in [0.25, 0.3) is 0 Å². The molecule has 0 spiro atoms. The zero-order valence-corrected chi connectivity index (χ0v) is 21.0. The summed E-state index contributed by atoms with van der Waals surface area (Å²) >= 11 is 1.68. The predicted octanol–water partition coefficient (Wildman–Crippen LogP) is 2.84. The molecule has 0 unspecified atom stereocenters. The molecule has 2 saturated heterocycles. The van der Waals surface area contributed by atoms with Crippen molar-refractivity contribution in [1.82, 2.24) is 29.5 Å². The molecule has 3 aliphatic rings. The molecule has 2 aromatic heterocycles. The fraction of sp³-hybridized carbons (Fsp3) is 0.520. The summed E-state index contributed by atoms with van der Waals surface area (Å²) in [6.45, 7) is 9.80. The van der Waals surface area contributed by atoms with E-state index in [0.29, 0.717) is 45.4 Å². The highest BCUT2D eigenvalue weighted by Crippen LogP contribution is 2.42. The number of carbonyl (C=O) groups is 1.